The standard InChI is InChI=1S/C24H26N4/c1-16-4-11-20-21-13-19(14-26-23(21)24(25)27-22(20)12-16)10-7-17-5-8-18(9-6-17)15-28(2)3/h4-6,8-9,11-14H,7,10,15H2,1-3H3,(H2,25,27). The van der Waals surface area contributed by atoms with Crippen molar-refractivity contribution in [3.8, 4) is 0 Å². The molecule has 4 nitrogen and oxygen atoms in total. The lowest BCUT2D eigenvalue weighted by Gasteiger charge is -2.11. The molecule has 2 aromatic heterocycles. The highest BCUT2D eigenvalue weighted by molar-refractivity contribution is 6.08. The molecule has 2 N–H and O–H groups in total. The molecule has 0 amide bonds. The highest BCUT2D eigenvalue weighted by Crippen LogP contribution is 2.28. The van der Waals surface area contributed by atoms with Crippen molar-refractivity contribution in [1.82, 2.24) is 14.9 Å². The van der Waals surface area contributed by atoms with Gasteiger partial charge >= 0.3 is 0 Å². The molecular formula is C24H26N4. The first kappa shape index (κ1) is 18.4. The van der Waals surface area contributed by atoms with Crippen molar-refractivity contribution in [2.45, 2.75) is 26.3 Å². The van der Waals surface area contributed by atoms with Gasteiger partial charge in [0, 0.05) is 23.5 Å². The number of nitrogen functional groups attached to an aromatic ring is 1. The third-order valence-corrected chi connectivity index (χ3v) is 5.10. The first-order chi connectivity index (χ1) is 13.5. The minimum absolute atomic E-state index is 0.496. The van der Waals surface area contributed by atoms with Gasteiger partial charge < -0.3 is 10.6 Å². The van der Waals surface area contributed by atoms with E-state index >= 15 is 0 Å². The second-order valence-electron chi connectivity index (χ2n) is 7.81. The lowest BCUT2D eigenvalue weighted by atomic mass is 10.0. The molecule has 2 heterocycles. The number of aryl methyl sites for hydroxylation is 3. The van der Waals surface area contributed by atoms with Crippen molar-refractivity contribution in [1.29, 1.82) is 0 Å². The van der Waals surface area contributed by atoms with Crippen LogP contribution in [0.2, 0.25) is 0 Å². The molecule has 4 aromatic rings. The highest BCUT2D eigenvalue weighted by Gasteiger charge is 2.09. The predicted molar refractivity (Wildman–Crippen MR) is 117 cm³/mol. The second kappa shape index (κ2) is 7.56. The fraction of sp³-hybridized carbons (Fsp3) is 0.250. The van der Waals surface area contributed by atoms with Crippen molar-refractivity contribution in [2.75, 3.05) is 19.8 Å². The molecule has 0 aliphatic rings. The van der Waals surface area contributed by atoms with Crippen LogP contribution in [0.1, 0.15) is 22.3 Å². The third kappa shape index (κ3) is 3.82. The van der Waals surface area contributed by atoms with Crippen molar-refractivity contribution in [3.05, 3.63) is 77.0 Å². The van der Waals surface area contributed by atoms with Crippen LogP contribution >= 0.6 is 0 Å². The molecule has 0 aliphatic heterocycles. The molecule has 4 rings (SSSR count). The Morgan fingerprint density at radius 3 is 2.32 bits per heavy atom. The first-order valence-electron chi connectivity index (χ1n) is 9.66. The van der Waals surface area contributed by atoms with Crippen LogP contribution in [0.15, 0.2) is 54.7 Å². The van der Waals surface area contributed by atoms with E-state index in [0.717, 1.165) is 41.2 Å². The largest absolute Gasteiger partial charge is 0.382 e. The van der Waals surface area contributed by atoms with Crippen molar-refractivity contribution >= 4 is 27.6 Å². The number of benzene rings is 2. The maximum atomic E-state index is 6.16. The minimum atomic E-state index is 0.496. The topological polar surface area (TPSA) is 55.0 Å². The average molecular weight is 371 g/mol. The Hall–Kier alpha value is -2.98. The molecule has 0 fully saturated rings. The lowest BCUT2D eigenvalue weighted by molar-refractivity contribution is 0.402. The Morgan fingerprint density at radius 1 is 0.857 bits per heavy atom. The average Bonchev–Trinajstić information content (AvgIpc) is 2.67. The van der Waals surface area contributed by atoms with E-state index in [1.165, 1.54) is 22.3 Å². The SMILES string of the molecule is Cc1ccc2c(c1)nc(N)c1ncc(CCc3ccc(CN(C)C)cc3)cc12. The summed E-state index contributed by atoms with van der Waals surface area (Å²) < 4.78 is 0. The molecule has 0 saturated carbocycles. The van der Waals surface area contributed by atoms with Crippen LogP contribution in [-0.4, -0.2) is 29.0 Å². The molecule has 142 valence electrons. The Labute approximate surface area is 166 Å². The van der Waals surface area contributed by atoms with E-state index < -0.39 is 0 Å². The van der Waals surface area contributed by atoms with Crippen LogP contribution in [0, 0.1) is 6.92 Å². The summed E-state index contributed by atoms with van der Waals surface area (Å²) in [6.45, 7) is 3.04. The van der Waals surface area contributed by atoms with Gasteiger partial charge in [0.2, 0.25) is 0 Å². The number of hydrogen-bond acceptors (Lipinski definition) is 4. The van der Waals surface area contributed by atoms with E-state index in [9.17, 15) is 0 Å². The Balaban J connectivity index is 1.60. The molecule has 4 heteroatoms. The van der Waals surface area contributed by atoms with Gasteiger partial charge in [0.05, 0.1) is 5.52 Å². The first-order valence-corrected chi connectivity index (χ1v) is 9.66. The van der Waals surface area contributed by atoms with Gasteiger partial charge in [-0.1, -0.05) is 36.4 Å². The van der Waals surface area contributed by atoms with Crippen LogP contribution in [0.4, 0.5) is 5.82 Å². The van der Waals surface area contributed by atoms with Gasteiger partial charge in [0.1, 0.15) is 5.52 Å². The van der Waals surface area contributed by atoms with E-state index in [1.807, 2.05) is 6.20 Å². The Morgan fingerprint density at radius 2 is 1.57 bits per heavy atom. The molecular weight excluding hydrogens is 344 g/mol. The fourth-order valence-corrected chi connectivity index (χ4v) is 3.66. The molecule has 0 atom stereocenters. The van der Waals surface area contributed by atoms with Gasteiger partial charge in [0.15, 0.2) is 5.82 Å². The fourth-order valence-electron chi connectivity index (χ4n) is 3.66. The molecule has 0 spiro atoms. The van der Waals surface area contributed by atoms with E-state index in [-0.39, 0.29) is 0 Å². The van der Waals surface area contributed by atoms with E-state index in [2.05, 4.69) is 84.4 Å². The zero-order valence-electron chi connectivity index (χ0n) is 16.7. The maximum absolute atomic E-state index is 6.16. The number of anilines is 1. The van der Waals surface area contributed by atoms with Gasteiger partial charge in [0.25, 0.3) is 0 Å². The van der Waals surface area contributed by atoms with Crippen LogP contribution in [0.3, 0.4) is 0 Å². The van der Waals surface area contributed by atoms with Crippen LogP contribution < -0.4 is 5.73 Å². The van der Waals surface area contributed by atoms with Crippen molar-refractivity contribution < 1.29 is 0 Å². The summed E-state index contributed by atoms with van der Waals surface area (Å²) in [5.74, 6) is 0.496. The quantitative estimate of drug-likeness (QED) is 0.525. The summed E-state index contributed by atoms with van der Waals surface area (Å²) in [4.78, 5) is 11.3. The number of nitrogens with zero attached hydrogens (tertiary/aromatic N) is 3. The number of rotatable bonds is 5. The van der Waals surface area contributed by atoms with Crippen LogP contribution in [0.5, 0.6) is 0 Å². The summed E-state index contributed by atoms with van der Waals surface area (Å²) in [5.41, 5.74) is 13.0. The number of hydrogen-bond donors (Lipinski definition) is 1. The molecule has 28 heavy (non-hydrogen) atoms. The molecule has 0 saturated heterocycles. The zero-order valence-corrected chi connectivity index (χ0v) is 16.7. The van der Waals surface area contributed by atoms with Gasteiger partial charge in [-0.3, -0.25) is 4.98 Å². The highest BCUT2D eigenvalue weighted by atomic mass is 15.0. The number of pyridine rings is 2. The number of nitrogens with two attached hydrogens (primary N) is 1. The number of fused-ring (bicyclic) bond motifs is 3. The van der Waals surface area contributed by atoms with Gasteiger partial charge in [-0.25, -0.2) is 4.98 Å². The van der Waals surface area contributed by atoms with Crippen molar-refractivity contribution in [2.24, 2.45) is 0 Å². The van der Waals surface area contributed by atoms with E-state index in [1.54, 1.807) is 0 Å². The summed E-state index contributed by atoms with van der Waals surface area (Å²) in [5, 5.41) is 2.19. The van der Waals surface area contributed by atoms with Crippen LogP contribution in [0.25, 0.3) is 21.8 Å². The smallest absolute Gasteiger partial charge is 0.150 e. The van der Waals surface area contributed by atoms with E-state index in [4.69, 9.17) is 5.73 Å². The van der Waals surface area contributed by atoms with Gasteiger partial charge in [-0.2, -0.15) is 0 Å². The summed E-state index contributed by atoms with van der Waals surface area (Å²) >= 11 is 0. The van der Waals surface area contributed by atoms with E-state index in [0.29, 0.717) is 5.82 Å². The molecule has 2 aromatic carbocycles. The molecule has 0 radical (unpaired) electrons. The predicted octanol–water partition coefficient (Wildman–Crippen LogP) is 4.52. The Bertz CT molecular complexity index is 1130. The summed E-state index contributed by atoms with van der Waals surface area (Å²) in [7, 11) is 4.18. The monoisotopic (exact) mass is 370 g/mol. The summed E-state index contributed by atoms with van der Waals surface area (Å²) in [6.07, 6.45) is 3.87. The van der Waals surface area contributed by atoms with Crippen LogP contribution in [-0.2, 0) is 19.4 Å². The minimum Gasteiger partial charge on any atom is -0.382 e. The zero-order chi connectivity index (χ0) is 19.7. The van der Waals surface area contributed by atoms with Crippen molar-refractivity contribution in [3.63, 3.8) is 0 Å². The van der Waals surface area contributed by atoms with Gasteiger partial charge in [-0.05, 0) is 68.2 Å². The number of aromatic nitrogens is 2. The normalized spacial score (nSPS) is 11.6. The van der Waals surface area contributed by atoms with Gasteiger partial charge in [-0.15, -0.1) is 0 Å². The molecule has 0 aliphatic carbocycles. The maximum Gasteiger partial charge on any atom is 0.150 e. The lowest BCUT2D eigenvalue weighted by Crippen LogP contribution is -2.10. The Kier molecular flexibility index (Phi) is 4.97. The second-order valence-corrected chi connectivity index (χ2v) is 7.81. The summed E-state index contributed by atoms with van der Waals surface area (Å²) in [6, 6.07) is 17.4. The molecule has 0 bridgehead atoms. The third-order valence-electron chi connectivity index (χ3n) is 5.10. The molecule has 0 unspecified atom stereocenters.